The average Bonchev–Trinajstić information content (AvgIpc) is 2.34. The standard InChI is InChI=1S/C10H18N2O6S/c1-19(17,18)12-4-2-3-7(5-12)9(14)11-8(6-13)10(15)16/h7-8,13H,2-6H2,1H3,(H,11,14)(H,15,16). The summed E-state index contributed by atoms with van der Waals surface area (Å²) >= 11 is 0. The summed E-state index contributed by atoms with van der Waals surface area (Å²) in [6.45, 7) is -0.295. The second kappa shape index (κ2) is 6.31. The predicted molar refractivity (Wildman–Crippen MR) is 65.8 cm³/mol. The summed E-state index contributed by atoms with van der Waals surface area (Å²) in [5.74, 6) is -2.46. The summed E-state index contributed by atoms with van der Waals surface area (Å²) in [7, 11) is -3.36. The van der Waals surface area contributed by atoms with Crippen LogP contribution in [0.4, 0.5) is 0 Å². The second-order valence-electron chi connectivity index (χ2n) is 4.54. The Morgan fingerprint density at radius 2 is 2.11 bits per heavy atom. The van der Waals surface area contributed by atoms with Gasteiger partial charge in [-0.3, -0.25) is 4.79 Å². The van der Waals surface area contributed by atoms with Gasteiger partial charge in [0.05, 0.1) is 18.8 Å². The van der Waals surface area contributed by atoms with Crippen molar-refractivity contribution < 1.29 is 28.2 Å². The number of carboxylic acids is 1. The van der Waals surface area contributed by atoms with Gasteiger partial charge in [0.15, 0.2) is 0 Å². The number of carboxylic acid groups (broad SMARTS) is 1. The Hall–Kier alpha value is -1.19. The molecule has 0 aliphatic carbocycles. The zero-order valence-corrected chi connectivity index (χ0v) is 11.4. The van der Waals surface area contributed by atoms with Crippen molar-refractivity contribution in [2.45, 2.75) is 18.9 Å². The molecule has 1 saturated heterocycles. The van der Waals surface area contributed by atoms with Crippen LogP contribution in [0.15, 0.2) is 0 Å². The lowest BCUT2D eigenvalue weighted by Gasteiger charge is -2.30. The number of nitrogens with zero attached hydrogens (tertiary/aromatic N) is 1. The molecule has 19 heavy (non-hydrogen) atoms. The summed E-state index contributed by atoms with van der Waals surface area (Å²) in [6, 6.07) is -1.36. The smallest absolute Gasteiger partial charge is 0.328 e. The van der Waals surface area contributed by atoms with Crippen molar-refractivity contribution in [3.8, 4) is 0 Å². The molecular weight excluding hydrogens is 276 g/mol. The highest BCUT2D eigenvalue weighted by molar-refractivity contribution is 7.88. The number of nitrogens with one attached hydrogen (secondary N) is 1. The molecule has 1 fully saturated rings. The molecule has 1 heterocycles. The van der Waals surface area contributed by atoms with Crippen molar-refractivity contribution in [1.29, 1.82) is 0 Å². The van der Waals surface area contributed by atoms with E-state index >= 15 is 0 Å². The number of aliphatic carboxylic acids is 1. The lowest BCUT2D eigenvalue weighted by atomic mass is 9.98. The van der Waals surface area contributed by atoms with E-state index in [2.05, 4.69) is 5.32 Å². The highest BCUT2D eigenvalue weighted by Gasteiger charge is 2.31. The monoisotopic (exact) mass is 294 g/mol. The van der Waals surface area contributed by atoms with Gasteiger partial charge in [0.1, 0.15) is 6.04 Å². The Kier molecular flexibility index (Phi) is 5.27. The van der Waals surface area contributed by atoms with Crippen molar-refractivity contribution in [1.82, 2.24) is 9.62 Å². The van der Waals surface area contributed by atoms with Crippen LogP contribution in [0.3, 0.4) is 0 Å². The van der Waals surface area contributed by atoms with Crippen molar-refractivity contribution >= 4 is 21.9 Å². The normalized spacial score (nSPS) is 22.7. The molecule has 0 aromatic heterocycles. The highest BCUT2D eigenvalue weighted by Crippen LogP contribution is 2.18. The number of rotatable bonds is 5. The topological polar surface area (TPSA) is 124 Å². The first kappa shape index (κ1) is 15.9. The number of sulfonamides is 1. The number of hydrogen-bond acceptors (Lipinski definition) is 5. The number of hydrogen-bond donors (Lipinski definition) is 3. The van der Waals surface area contributed by atoms with E-state index < -0.39 is 40.5 Å². The molecule has 3 N–H and O–H groups in total. The molecule has 0 aromatic rings. The van der Waals surface area contributed by atoms with E-state index in [1.165, 1.54) is 4.31 Å². The Balaban J connectivity index is 2.65. The molecule has 8 nitrogen and oxygen atoms in total. The van der Waals surface area contributed by atoms with Gasteiger partial charge in [-0.25, -0.2) is 17.5 Å². The van der Waals surface area contributed by atoms with Crippen molar-refractivity contribution in [2.24, 2.45) is 5.92 Å². The van der Waals surface area contributed by atoms with E-state index in [0.29, 0.717) is 19.4 Å². The Labute approximate surface area is 111 Å². The molecule has 110 valence electrons. The van der Waals surface area contributed by atoms with E-state index in [9.17, 15) is 18.0 Å². The third-order valence-corrected chi connectivity index (χ3v) is 4.29. The molecule has 1 amide bonds. The number of piperidine rings is 1. The van der Waals surface area contributed by atoms with Crippen LogP contribution in [0.5, 0.6) is 0 Å². The van der Waals surface area contributed by atoms with E-state index in [0.717, 1.165) is 6.26 Å². The van der Waals surface area contributed by atoms with Crippen LogP contribution in [0, 0.1) is 5.92 Å². The minimum Gasteiger partial charge on any atom is -0.480 e. The van der Waals surface area contributed by atoms with Crippen LogP contribution < -0.4 is 5.32 Å². The predicted octanol–water partition coefficient (Wildman–Crippen LogP) is -1.78. The van der Waals surface area contributed by atoms with Gasteiger partial charge in [-0.15, -0.1) is 0 Å². The molecule has 0 saturated carbocycles. The lowest BCUT2D eigenvalue weighted by molar-refractivity contribution is -0.143. The van der Waals surface area contributed by atoms with Gasteiger partial charge >= 0.3 is 5.97 Å². The van der Waals surface area contributed by atoms with Gasteiger partial charge in [0, 0.05) is 13.1 Å². The fourth-order valence-electron chi connectivity index (χ4n) is 1.93. The van der Waals surface area contributed by atoms with E-state index in [1.54, 1.807) is 0 Å². The molecule has 1 rings (SSSR count). The molecular formula is C10H18N2O6S. The largest absolute Gasteiger partial charge is 0.480 e. The number of aliphatic hydroxyl groups is 1. The molecule has 0 radical (unpaired) electrons. The van der Waals surface area contributed by atoms with Gasteiger partial charge in [0.2, 0.25) is 15.9 Å². The van der Waals surface area contributed by atoms with E-state index in [1.807, 2.05) is 0 Å². The second-order valence-corrected chi connectivity index (χ2v) is 6.52. The minimum atomic E-state index is -3.36. The first-order chi connectivity index (χ1) is 8.75. The van der Waals surface area contributed by atoms with Crippen LogP contribution in [-0.2, 0) is 19.6 Å². The fraction of sp³-hybridized carbons (Fsp3) is 0.800. The molecule has 9 heteroatoms. The van der Waals surface area contributed by atoms with Gasteiger partial charge in [-0.1, -0.05) is 0 Å². The van der Waals surface area contributed by atoms with Crippen LogP contribution >= 0.6 is 0 Å². The third-order valence-electron chi connectivity index (χ3n) is 3.02. The first-order valence-electron chi connectivity index (χ1n) is 5.85. The highest BCUT2D eigenvalue weighted by atomic mass is 32.2. The Morgan fingerprint density at radius 1 is 1.47 bits per heavy atom. The van der Waals surface area contributed by atoms with E-state index in [4.69, 9.17) is 10.2 Å². The molecule has 2 atom stereocenters. The summed E-state index contributed by atoms with van der Waals surface area (Å²) in [5.41, 5.74) is 0. The summed E-state index contributed by atoms with van der Waals surface area (Å²) in [6.07, 6.45) is 2.11. The van der Waals surface area contributed by atoms with Gasteiger partial charge in [-0.2, -0.15) is 0 Å². The Bertz CT molecular complexity index is 449. The molecule has 1 aliphatic heterocycles. The van der Waals surface area contributed by atoms with Crippen LogP contribution in [0.1, 0.15) is 12.8 Å². The molecule has 0 aromatic carbocycles. The van der Waals surface area contributed by atoms with Crippen LogP contribution in [0.25, 0.3) is 0 Å². The van der Waals surface area contributed by atoms with Gasteiger partial charge in [-0.05, 0) is 12.8 Å². The number of carbonyl (C=O) groups is 2. The minimum absolute atomic E-state index is 0.0441. The zero-order valence-electron chi connectivity index (χ0n) is 10.6. The summed E-state index contributed by atoms with van der Waals surface area (Å²) in [5, 5.41) is 19.7. The number of carbonyl (C=O) groups excluding carboxylic acids is 1. The van der Waals surface area contributed by atoms with Crippen molar-refractivity contribution in [3.05, 3.63) is 0 Å². The summed E-state index contributed by atoms with van der Waals surface area (Å²) in [4.78, 5) is 22.5. The molecule has 0 spiro atoms. The van der Waals surface area contributed by atoms with Crippen LogP contribution in [-0.4, -0.2) is 66.8 Å². The molecule has 1 aliphatic rings. The van der Waals surface area contributed by atoms with E-state index in [-0.39, 0.29) is 6.54 Å². The lowest BCUT2D eigenvalue weighted by Crippen LogP contribution is -2.50. The maximum Gasteiger partial charge on any atom is 0.328 e. The molecule has 2 unspecified atom stereocenters. The fourth-order valence-corrected chi connectivity index (χ4v) is 2.84. The average molecular weight is 294 g/mol. The third kappa shape index (κ3) is 4.44. The van der Waals surface area contributed by atoms with Crippen LogP contribution in [0.2, 0.25) is 0 Å². The van der Waals surface area contributed by atoms with Gasteiger partial charge < -0.3 is 15.5 Å². The Morgan fingerprint density at radius 3 is 2.58 bits per heavy atom. The maximum absolute atomic E-state index is 11.8. The van der Waals surface area contributed by atoms with Gasteiger partial charge in [0.25, 0.3) is 0 Å². The quantitative estimate of drug-likeness (QED) is 0.550. The molecule has 0 bridgehead atoms. The number of amides is 1. The SMILES string of the molecule is CS(=O)(=O)N1CCCC(C(=O)NC(CO)C(=O)O)C1. The number of aliphatic hydroxyl groups excluding tert-OH is 1. The summed E-state index contributed by atoms with van der Waals surface area (Å²) < 4.78 is 24.0. The van der Waals surface area contributed by atoms with Crippen molar-refractivity contribution in [2.75, 3.05) is 26.0 Å². The zero-order chi connectivity index (χ0) is 14.6. The van der Waals surface area contributed by atoms with Crippen molar-refractivity contribution in [3.63, 3.8) is 0 Å². The maximum atomic E-state index is 11.8. The first-order valence-corrected chi connectivity index (χ1v) is 7.69.